The number of amides is 4. The summed E-state index contributed by atoms with van der Waals surface area (Å²) in [5, 5.41) is 5.61. The molecule has 4 saturated carbocycles. The van der Waals surface area contributed by atoms with Gasteiger partial charge in [0, 0.05) is 30.6 Å². The van der Waals surface area contributed by atoms with Crippen molar-refractivity contribution < 1.29 is 33.2 Å². The van der Waals surface area contributed by atoms with Crippen LogP contribution in [0.25, 0.3) is 0 Å². The Morgan fingerprint density at radius 1 is 1.21 bits per heavy atom. The van der Waals surface area contributed by atoms with E-state index in [4.69, 9.17) is 10.5 Å². The minimum atomic E-state index is -0.651. The molecule has 7 atom stereocenters. The third kappa shape index (κ3) is 4.98. The molecule has 0 bridgehead atoms. The quantitative estimate of drug-likeness (QED) is 0.293. The molecule has 4 aliphatic carbocycles. The van der Waals surface area contributed by atoms with Crippen LogP contribution >= 0.6 is 0 Å². The summed E-state index contributed by atoms with van der Waals surface area (Å²) in [6.45, 7) is 2.64. The summed E-state index contributed by atoms with van der Waals surface area (Å²) in [4.78, 5) is 68.7. The van der Waals surface area contributed by atoms with Crippen LogP contribution in [0.1, 0.15) is 44.2 Å². The van der Waals surface area contributed by atoms with Crippen LogP contribution in [0.2, 0.25) is 0 Å². The van der Waals surface area contributed by atoms with Crippen molar-refractivity contribution in [1.29, 1.82) is 0 Å². The van der Waals surface area contributed by atoms with Gasteiger partial charge in [-0.2, -0.15) is 0 Å². The maximum atomic E-state index is 13.5. The molecule has 7 unspecified atom stereocenters. The van der Waals surface area contributed by atoms with Crippen molar-refractivity contribution in [2.75, 3.05) is 40.3 Å². The van der Waals surface area contributed by atoms with E-state index in [1.54, 1.807) is 6.20 Å². The number of hydrogen-bond acceptors (Lipinski definition) is 7. The van der Waals surface area contributed by atoms with Crippen molar-refractivity contribution in [3.63, 3.8) is 0 Å². The Morgan fingerprint density at radius 2 is 1.98 bits per heavy atom. The number of fused-ring (bicyclic) bond motifs is 1. The van der Waals surface area contributed by atoms with E-state index < -0.39 is 36.0 Å². The number of likely N-dealkylation sites (N-methyl/N-ethyl adjacent to an activating group) is 1. The summed E-state index contributed by atoms with van der Waals surface area (Å²) in [5.41, 5.74) is 6.69. The van der Waals surface area contributed by atoms with Crippen LogP contribution in [-0.2, 0) is 30.3 Å². The van der Waals surface area contributed by atoms with E-state index in [1.165, 1.54) is 28.6 Å². The number of hydrogen-bond donors (Lipinski definition) is 3. The highest BCUT2D eigenvalue weighted by Crippen LogP contribution is 2.85. The number of nitrogens with one attached hydrogen (secondary N) is 2. The van der Waals surface area contributed by atoms with Crippen molar-refractivity contribution in [3.05, 3.63) is 18.2 Å². The van der Waals surface area contributed by atoms with Crippen LogP contribution in [0.5, 0.6) is 0 Å². The Balaban J connectivity index is 0.950. The van der Waals surface area contributed by atoms with Gasteiger partial charge < -0.3 is 30.5 Å². The highest BCUT2D eigenvalue weighted by Gasteiger charge is 2.81. The van der Waals surface area contributed by atoms with Crippen LogP contribution in [0.4, 0.5) is 4.79 Å². The van der Waals surface area contributed by atoms with Gasteiger partial charge in [-0.05, 0) is 62.2 Å². The van der Waals surface area contributed by atoms with E-state index in [0.29, 0.717) is 49.9 Å². The normalized spacial score (nSPS) is 36.6. The van der Waals surface area contributed by atoms with Crippen molar-refractivity contribution in [1.82, 2.24) is 25.1 Å². The molecule has 1 aromatic rings. The lowest BCUT2D eigenvalue weighted by molar-refractivity contribution is -0.899. The SMILES string of the molecule is C[N+](C)(CCOC(=O)n1cnc(CC2C(NC(=O)C3CCC(=O)N3)C2C(=O)N2CCCC2C(N)=O)c1)CC12CC3C(C1)C32. The van der Waals surface area contributed by atoms with Crippen molar-refractivity contribution in [2.24, 2.45) is 40.7 Å². The number of nitrogens with two attached hydrogens (primary N) is 1. The van der Waals surface area contributed by atoms with Gasteiger partial charge in [0.05, 0.1) is 32.3 Å². The second-order valence-corrected chi connectivity index (χ2v) is 14.5. The maximum Gasteiger partial charge on any atom is 0.419 e. The molecule has 43 heavy (non-hydrogen) atoms. The lowest BCUT2D eigenvalue weighted by Crippen LogP contribution is -2.55. The van der Waals surface area contributed by atoms with E-state index >= 15 is 0 Å². The molecule has 0 radical (unpaired) electrons. The molecular weight excluding hydrogens is 554 g/mol. The van der Waals surface area contributed by atoms with E-state index in [2.05, 4.69) is 29.7 Å². The summed E-state index contributed by atoms with van der Waals surface area (Å²) in [7, 11) is 4.41. The number of primary amides is 1. The second-order valence-electron chi connectivity index (χ2n) is 14.5. The van der Waals surface area contributed by atoms with E-state index in [1.807, 2.05) is 0 Å². The first-order valence-electron chi connectivity index (χ1n) is 15.7. The van der Waals surface area contributed by atoms with E-state index in [0.717, 1.165) is 35.3 Å². The number of rotatable bonds is 11. The molecule has 0 spiro atoms. The van der Waals surface area contributed by atoms with Crippen LogP contribution < -0.4 is 16.4 Å². The van der Waals surface area contributed by atoms with Gasteiger partial charge in [-0.25, -0.2) is 14.3 Å². The monoisotopic (exact) mass is 596 g/mol. The minimum absolute atomic E-state index is 0.174. The number of carbonyl (C=O) groups is 5. The molecule has 1 aromatic heterocycles. The van der Waals surface area contributed by atoms with E-state index in [-0.39, 0.29) is 30.1 Å². The molecule has 0 aromatic carbocycles. The van der Waals surface area contributed by atoms with Gasteiger partial charge in [-0.1, -0.05) is 0 Å². The zero-order valence-electron chi connectivity index (χ0n) is 24.9. The summed E-state index contributed by atoms with van der Waals surface area (Å²) in [5.74, 6) is 0.897. The topological polar surface area (TPSA) is 166 Å². The van der Waals surface area contributed by atoms with Crippen LogP contribution in [-0.4, -0.2) is 107 Å². The molecule has 6 aliphatic rings. The largest absolute Gasteiger partial charge is 0.443 e. The lowest BCUT2D eigenvalue weighted by atomic mass is 9.62. The van der Waals surface area contributed by atoms with Crippen LogP contribution in [0, 0.1) is 35.0 Å². The number of quaternary nitrogens is 1. The number of nitrogens with zero attached hydrogens (tertiary/aromatic N) is 4. The highest BCUT2D eigenvalue weighted by molar-refractivity contribution is 5.93. The van der Waals surface area contributed by atoms with Crippen LogP contribution in [0.15, 0.2) is 12.5 Å². The summed E-state index contributed by atoms with van der Waals surface area (Å²) < 4.78 is 7.74. The number of likely N-dealkylation sites (tertiary alicyclic amines) is 1. The number of carbonyl (C=O) groups excluding carboxylic acids is 5. The fourth-order valence-electron chi connectivity index (χ4n) is 9.07. The molecule has 4 N–H and O–H groups in total. The Bertz CT molecular complexity index is 1360. The minimum Gasteiger partial charge on any atom is -0.443 e. The van der Waals surface area contributed by atoms with Gasteiger partial charge in [-0.15, -0.1) is 0 Å². The van der Waals surface area contributed by atoms with E-state index in [9.17, 15) is 24.0 Å². The zero-order valence-corrected chi connectivity index (χ0v) is 24.9. The first-order valence-corrected chi connectivity index (χ1v) is 15.7. The lowest BCUT2D eigenvalue weighted by Gasteiger charge is -2.48. The predicted octanol–water partition coefficient (Wildman–Crippen LogP) is -0.372. The van der Waals surface area contributed by atoms with Crippen LogP contribution in [0.3, 0.4) is 0 Å². The molecule has 3 heterocycles. The van der Waals surface area contributed by atoms with Gasteiger partial charge in [0.1, 0.15) is 31.6 Å². The second kappa shape index (κ2) is 10.0. The number of aromatic nitrogens is 2. The van der Waals surface area contributed by atoms with Gasteiger partial charge in [0.2, 0.25) is 23.6 Å². The average molecular weight is 597 g/mol. The van der Waals surface area contributed by atoms with Crippen molar-refractivity contribution >= 4 is 29.7 Å². The van der Waals surface area contributed by atoms with Gasteiger partial charge >= 0.3 is 6.09 Å². The molecular formula is C30H42N7O6+. The number of ether oxygens (including phenoxy) is 1. The zero-order chi connectivity index (χ0) is 30.3. The fourth-order valence-corrected chi connectivity index (χ4v) is 9.07. The molecule has 13 heteroatoms. The summed E-state index contributed by atoms with van der Waals surface area (Å²) in [6.07, 6.45) is 7.52. The average Bonchev–Trinajstić information content (AvgIpc) is 3.43. The Labute approximate surface area is 250 Å². The molecule has 2 aliphatic heterocycles. The fraction of sp³-hybridized carbons (Fsp3) is 0.733. The molecule has 4 amide bonds. The third-order valence-corrected chi connectivity index (χ3v) is 11.2. The van der Waals surface area contributed by atoms with Gasteiger partial charge in [0.25, 0.3) is 0 Å². The predicted molar refractivity (Wildman–Crippen MR) is 151 cm³/mol. The standard InChI is InChI=1S/C30H41N7O6/c1-37(2,14-30-11-18-19(12-30)24(18)30)8-9-43-29(42)35-13-16(32-15-35)10-17-23(28(41)36-7-3-4-21(36)26(31)39)25(17)34-27(40)20-5-6-22(38)33-20/h13,15,17-21,23-25H,3-12,14H2,1-2H3,(H3-,31,33,34,38,39,40)/p+1. The third-order valence-electron chi connectivity index (χ3n) is 11.2. The molecule has 2 saturated heterocycles. The Hall–Kier alpha value is -3.48. The van der Waals surface area contributed by atoms with Crippen molar-refractivity contribution in [2.45, 2.75) is 63.1 Å². The number of imidazole rings is 1. The molecule has 13 nitrogen and oxygen atoms in total. The first-order chi connectivity index (χ1) is 20.5. The first kappa shape index (κ1) is 28.3. The highest BCUT2D eigenvalue weighted by atomic mass is 16.5. The smallest absolute Gasteiger partial charge is 0.419 e. The Morgan fingerprint density at radius 3 is 2.63 bits per heavy atom. The molecule has 7 rings (SSSR count). The molecule has 6 fully saturated rings. The van der Waals surface area contributed by atoms with Gasteiger partial charge in [0.15, 0.2) is 0 Å². The maximum absolute atomic E-state index is 13.5. The Kier molecular flexibility index (Phi) is 6.60. The van der Waals surface area contributed by atoms with Crippen molar-refractivity contribution in [3.8, 4) is 0 Å². The molecule has 232 valence electrons. The summed E-state index contributed by atoms with van der Waals surface area (Å²) >= 11 is 0. The van der Waals surface area contributed by atoms with Gasteiger partial charge in [-0.3, -0.25) is 19.2 Å². The summed E-state index contributed by atoms with van der Waals surface area (Å²) in [6, 6.07) is -1.76.